The number of hydrogen-bond donors (Lipinski definition) is 3. The fourth-order valence-electron chi connectivity index (χ4n) is 7.49. The molecule has 12 heteroatoms. The van der Waals surface area contributed by atoms with Crippen LogP contribution in [-0.2, 0) is 0 Å². The number of hydrazine groups is 1. The van der Waals surface area contributed by atoms with E-state index in [1.165, 1.54) is 19.3 Å². The predicted molar refractivity (Wildman–Crippen MR) is 150 cm³/mol. The van der Waals surface area contributed by atoms with Crippen molar-refractivity contribution in [3.8, 4) is 5.88 Å². The molecular formula is C28H46F3N7OS. The summed E-state index contributed by atoms with van der Waals surface area (Å²) >= 11 is 1.88. The highest BCUT2D eigenvalue weighted by Gasteiger charge is 2.62. The van der Waals surface area contributed by atoms with Gasteiger partial charge in [0.25, 0.3) is 0 Å². The van der Waals surface area contributed by atoms with Gasteiger partial charge in [0, 0.05) is 61.2 Å². The van der Waals surface area contributed by atoms with Gasteiger partial charge in [0.2, 0.25) is 5.88 Å². The molecular weight excluding hydrogens is 539 g/mol. The molecule has 8 atom stereocenters. The Kier molecular flexibility index (Phi) is 8.15. The molecule has 0 radical (unpaired) electrons. The van der Waals surface area contributed by atoms with Crippen molar-refractivity contribution in [3.63, 3.8) is 0 Å². The summed E-state index contributed by atoms with van der Waals surface area (Å²) in [5, 5.41) is 11.5. The number of piperidine rings is 1. The molecule has 8 unspecified atom stereocenters. The number of alkyl halides is 3. The van der Waals surface area contributed by atoms with Crippen molar-refractivity contribution >= 4 is 11.9 Å². The number of aromatic nitrogens is 2. The lowest BCUT2D eigenvalue weighted by Gasteiger charge is -2.47. The van der Waals surface area contributed by atoms with E-state index in [0.29, 0.717) is 29.0 Å². The third-order valence-corrected chi connectivity index (χ3v) is 11.3. The Hall–Kier alpha value is -1.05. The van der Waals surface area contributed by atoms with Gasteiger partial charge in [-0.2, -0.15) is 13.2 Å². The zero-order valence-corrected chi connectivity index (χ0v) is 24.9. The van der Waals surface area contributed by atoms with Gasteiger partial charge in [0.1, 0.15) is 6.17 Å². The van der Waals surface area contributed by atoms with E-state index in [-0.39, 0.29) is 43.7 Å². The van der Waals surface area contributed by atoms with E-state index >= 15 is 0 Å². The summed E-state index contributed by atoms with van der Waals surface area (Å²) < 4.78 is 51.2. The molecule has 5 heterocycles. The fraction of sp³-hybridized carbons (Fsp3) is 0.893. The van der Waals surface area contributed by atoms with Gasteiger partial charge in [0.15, 0.2) is 0 Å². The molecule has 4 saturated heterocycles. The molecule has 0 spiro atoms. The van der Waals surface area contributed by atoms with E-state index < -0.39 is 11.6 Å². The first kappa shape index (κ1) is 29.0. The van der Waals surface area contributed by atoms with Crippen LogP contribution in [-0.4, -0.2) is 81.6 Å². The maximum absolute atomic E-state index is 13.3. The first-order chi connectivity index (χ1) is 19.0. The summed E-state index contributed by atoms with van der Waals surface area (Å²) in [6.07, 6.45) is 4.10. The Bertz CT molecular complexity index is 1020. The Morgan fingerprint density at radius 2 is 2.00 bits per heavy atom. The Morgan fingerprint density at radius 3 is 2.77 bits per heavy atom. The Balaban J connectivity index is 1.12. The molecule has 226 valence electrons. The highest BCUT2D eigenvalue weighted by atomic mass is 32.2. The Labute approximate surface area is 240 Å². The number of hydrogen-bond acceptors (Lipinski definition) is 8. The number of ether oxygens (including phenoxy) is 1. The minimum Gasteiger partial charge on any atom is -0.477 e. The minimum atomic E-state index is -4.15. The highest BCUT2D eigenvalue weighted by molar-refractivity contribution is 7.98. The fourth-order valence-corrected chi connectivity index (χ4v) is 8.53. The number of rotatable bonds is 5. The summed E-state index contributed by atoms with van der Waals surface area (Å²) in [4.78, 5) is 2.70. The van der Waals surface area contributed by atoms with Crippen molar-refractivity contribution in [1.29, 1.82) is 0 Å². The lowest BCUT2D eigenvalue weighted by atomic mass is 9.90. The van der Waals surface area contributed by atoms with Crippen LogP contribution in [0.3, 0.4) is 0 Å². The van der Waals surface area contributed by atoms with E-state index in [0.717, 1.165) is 39.0 Å². The summed E-state index contributed by atoms with van der Waals surface area (Å²) in [6.45, 7) is 11.3. The SMILES string of the molecule is CC1NN2CCCC3CN(C4NC(n5ccc(OCCC6(C(F)(F)F)CC6)n5)CCC4CNSC1C2)C(C)(C)C3. The first-order valence-corrected chi connectivity index (χ1v) is 16.1. The molecule has 0 amide bonds. The van der Waals surface area contributed by atoms with Crippen molar-refractivity contribution in [2.24, 2.45) is 17.3 Å². The largest absolute Gasteiger partial charge is 0.477 e. The van der Waals surface area contributed by atoms with Crippen LogP contribution < -0.4 is 20.2 Å². The van der Waals surface area contributed by atoms with E-state index in [4.69, 9.17) is 4.74 Å². The first-order valence-electron chi connectivity index (χ1n) is 15.2. The molecule has 5 fully saturated rings. The highest BCUT2D eigenvalue weighted by Crippen LogP contribution is 2.59. The van der Waals surface area contributed by atoms with Gasteiger partial charge in [-0.1, -0.05) is 11.9 Å². The molecule has 1 aliphatic carbocycles. The molecule has 4 bridgehead atoms. The van der Waals surface area contributed by atoms with Crippen LogP contribution in [0.1, 0.15) is 78.3 Å². The van der Waals surface area contributed by atoms with Gasteiger partial charge < -0.3 is 4.74 Å². The second-order valence-corrected chi connectivity index (χ2v) is 14.7. The number of fused-ring (bicyclic) bond motifs is 6. The molecule has 0 aromatic carbocycles. The van der Waals surface area contributed by atoms with Crippen LogP contribution in [0.2, 0.25) is 0 Å². The average molecular weight is 586 g/mol. The summed E-state index contributed by atoms with van der Waals surface area (Å²) in [6, 6.07) is 2.24. The van der Waals surface area contributed by atoms with Crippen LogP contribution in [0.5, 0.6) is 5.88 Å². The number of nitrogens with one attached hydrogen (secondary N) is 3. The van der Waals surface area contributed by atoms with Crippen molar-refractivity contribution < 1.29 is 17.9 Å². The molecule has 8 nitrogen and oxygen atoms in total. The lowest BCUT2D eigenvalue weighted by Crippen LogP contribution is -2.60. The second kappa shape index (κ2) is 11.2. The molecule has 1 aromatic rings. The standard InChI is InChI=1S/C28H46F3N7OS/c1-19-22-18-36(34-19)12-4-5-20-15-26(2,3)37(17-20)25-21(16-32-40-22)6-7-23(33-25)38-13-8-24(35-38)39-14-11-27(9-10-27)28(29,30)31/h8,13,19-23,25,32-34H,4-7,9-12,14-18H2,1-3H3. The topological polar surface area (TPSA) is 69.6 Å². The quantitative estimate of drug-likeness (QED) is 0.436. The minimum absolute atomic E-state index is 0.00125. The summed E-state index contributed by atoms with van der Waals surface area (Å²) in [7, 11) is 0. The Morgan fingerprint density at radius 1 is 1.18 bits per heavy atom. The maximum Gasteiger partial charge on any atom is 0.394 e. The zero-order valence-electron chi connectivity index (χ0n) is 24.1. The molecule has 1 saturated carbocycles. The van der Waals surface area contributed by atoms with Gasteiger partial charge in [0.05, 0.1) is 18.2 Å². The van der Waals surface area contributed by atoms with Gasteiger partial charge in [-0.25, -0.2) is 5.01 Å². The molecule has 40 heavy (non-hydrogen) atoms. The van der Waals surface area contributed by atoms with Crippen molar-refractivity contribution in [2.45, 2.75) is 107 Å². The second-order valence-electron chi connectivity index (χ2n) is 13.5. The molecule has 5 aliphatic rings. The molecule has 1 aromatic heterocycles. The number of nitrogens with zero attached hydrogens (tertiary/aromatic N) is 4. The van der Waals surface area contributed by atoms with E-state index in [9.17, 15) is 13.2 Å². The monoisotopic (exact) mass is 585 g/mol. The van der Waals surface area contributed by atoms with Crippen LogP contribution in [0.25, 0.3) is 0 Å². The number of halogens is 3. The average Bonchev–Trinajstić information content (AvgIpc) is 3.25. The zero-order chi connectivity index (χ0) is 28.1. The van der Waals surface area contributed by atoms with Crippen LogP contribution in [0, 0.1) is 17.3 Å². The normalized spacial score (nSPS) is 39.4. The molecule has 3 N–H and O–H groups in total. The van der Waals surface area contributed by atoms with E-state index in [1.54, 1.807) is 6.07 Å². The summed E-state index contributed by atoms with van der Waals surface area (Å²) in [5.41, 5.74) is 2.24. The van der Waals surface area contributed by atoms with Crippen molar-refractivity contribution in [1.82, 2.24) is 35.2 Å². The third kappa shape index (κ3) is 6.04. The molecule has 4 aliphatic heterocycles. The van der Waals surface area contributed by atoms with Gasteiger partial charge in [-0.3, -0.25) is 25.0 Å². The van der Waals surface area contributed by atoms with Crippen LogP contribution in [0.15, 0.2) is 12.3 Å². The van der Waals surface area contributed by atoms with Gasteiger partial charge >= 0.3 is 6.18 Å². The van der Waals surface area contributed by atoms with Gasteiger partial charge in [-0.15, -0.1) is 5.10 Å². The van der Waals surface area contributed by atoms with E-state index in [1.807, 2.05) is 22.8 Å². The maximum atomic E-state index is 13.3. The molecule has 6 rings (SSSR count). The predicted octanol–water partition coefficient (Wildman–Crippen LogP) is 4.53. The van der Waals surface area contributed by atoms with Crippen molar-refractivity contribution in [2.75, 3.05) is 32.8 Å². The third-order valence-electron chi connectivity index (χ3n) is 10.1. The smallest absolute Gasteiger partial charge is 0.394 e. The van der Waals surface area contributed by atoms with Crippen molar-refractivity contribution in [3.05, 3.63) is 12.3 Å². The van der Waals surface area contributed by atoms with Gasteiger partial charge in [-0.05, 0) is 78.1 Å². The van der Waals surface area contributed by atoms with Crippen LogP contribution >= 0.6 is 11.9 Å². The van der Waals surface area contributed by atoms with Crippen LogP contribution in [0.4, 0.5) is 13.2 Å². The lowest BCUT2D eigenvalue weighted by molar-refractivity contribution is -0.190. The summed E-state index contributed by atoms with van der Waals surface area (Å²) in [5.74, 6) is 1.56. The van der Waals surface area contributed by atoms with E-state index in [2.05, 4.69) is 51.2 Å².